The number of halogens is 4. The molecule has 1 aromatic carbocycles. The first-order chi connectivity index (χ1) is 5.04. The third kappa shape index (κ3) is 1.46. The molecule has 1 aromatic rings. The SMILES string of the molecule is Nc1c(F)c(F)cc(Br)c1Cl. The van der Waals surface area contributed by atoms with E-state index < -0.39 is 11.6 Å². The molecule has 60 valence electrons. The van der Waals surface area contributed by atoms with E-state index in [0.29, 0.717) is 0 Å². The largest absolute Gasteiger partial charge is 0.395 e. The van der Waals surface area contributed by atoms with Gasteiger partial charge in [0.2, 0.25) is 0 Å². The van der Waals surface area contributed by atoms with E-state index in [0.717, 1.165) is 6.07 Å². The molecule has 0 aromatic heterocycles. The van der Waals surface area contributed by atoms with Gasteiger partial charge < -0.3 is 5.73 Å². The summed E-state index contributed by atoms with van der Waals surface area (Å²) in [6.07, 6.45) is 0. The zero-order chi connectivity index (χ0) is 8.59. The van der Waals surface area contributed by atoms with Crippen LogP contribution in [0, 0.1) is 11.6 Å². The first kappa shape index (κ1) is 8.74. The Balaban J connectivity index is 3.46. The summed E-state index contributed by atoms with van der Waals surface area (Å²) in [6.45, 7) is 0. The van der Waals surface area contributed by atoms with Crippen molar-refractivity contribution < 1.29 is 8.78 Å². The van der Waals surface area contributed by atoms with Crippen molar-refractivity contribution in [1.82, 2.24) is 0 Å². The lowest BCUT2D eigenvalue weighted by Gasteiger charge is -2.02. The molecule has 0 fully saturated rings. The maximum absolute atomic E-state index is 12.6. The Kier molecular flexibility index (Phi) is 2.34. The second kappa shape index (κ2) is 2.95. The smallest absolute Gasteiger partial charge is 0.183 e. The highest BCUT2D eigenvalue weighted by Gasteiger charge is 2.12. The molecule has 0 aliphatic carbocycles. The average molecular weight is 242 g/mol. The number of hydrogen-bond acceptors (Lipinski definition) is 1. The van der Waals surface area contributed by atoms with Gasteiger partial charge in [-0.3, -0.25) is 0 Å². The molecule has 5 heteroatoms. The molecule has 0 bridgehead atoms. The van der Waals surface area contributed by atoms with E-state index in [1.165, 1.54) is 0 Å². The van der Waals surface area contributed by atoms with Crippen LogP contribution in [0.25, 0.3) is 0 Å². The van der Waals surface area contributed by atoms with Gasteiger partial charge >= 0.3 is 0 Å². The summed E-state index contributed by atoms with van der Waals surface area (Å²) in [5, 5.41) is -0.0103. The highest BCUT2D eigenvalue weighted by molar-refractivity contribution is 9.10. The summed E-state index contributed by atoms with van der Waals surface area (Å²) in [6, 6.07) is 0.925. The summed E-state index contributed by atoms with van der Waals surface area (Å²) in [7, 11) is 0. The molecule has 0 unspecified atom stereocenters. The van der Waals surface area contributed by atoms with E-state index in [9.17, 15) is 8.78 Å². The number of nitrogen functional groups attached to an aromatic ring is 1. The second-order valence-electron chi connectivity index (χ2n) is 1.88. The standard InChI is InChI=1S/C6H3BrClF2N/c7-2-1-3(9)5(10)6(11)4(2)8/h1H,11H2. The maximum atomic E-state index is 12.6. The molecule has 0 aliphatic rings. The summed E-state index contributed by atoms with van der Waals surface area (Å²) in [5.41, 5.74) is 4.73. The van der Waals surface area contributed by atoms with Gasteiger partial charge in [-0.2, -0.15) is 0 Å². The van der Waals surface area contributed by atoms with Gasteiger partial charge in [0.15, 0.2) is 11.6 Å². The quantitative estimate of drug-likeness (QED) is 0.549. The molecular weight excluding hydrogens is 239 g/mol. The van der Waals surface area contributed by atoms with E-state index in [1.54, 1.807) is 0 Å². The highest BCUT2D eigenvalue weighted by atomic mass is 79.9. The van der Waals surface area contributed by atoms with Crippen LogP contribution in [0.5, 0.6) is 0 Å². The van der Waals surface area contributed by atoms with Gasteiger partial charge in [0, 0.05) is 4.47 Å². The fourth-order valence-electron chi connectivity index (χ4n) is 0.592. The molecule has 0 saturated heterocycles. The Bertz CT molecular complexity index is 277. The van der Waals surface area contributed by atoms with Gasteiger partial charge in [-0.1, -0.05) is 11.6 Å². The number of nitrogens with two attached hydrogens (primary N) is 1. The summed E-state index contributed by atoms with van der Waals surface area (Å²) in [5.74, 6) is -2.13. The van der Waals surface area contributed by atoms with E-state index in [-0.39, 0.29) is 15.2 Å². The summed E-state index contributed by atoms with van der Waals surface area (Å²) < 4.78 is 25.3. The van der Waals surface area contributed by atoms with Gasteiger partial charge in [0.05, 0.1) is 10.7 Å². The Morgan fingerprint density at radius 3 is 2.55 bits per heavy atom. The van der Waals surface area contributed by atoms with Gasteiger partial charge in [-0.15, -0.1) is 0 Å². The van der Waals surface area contributed by atoms with E-state index in [1.807, 2.05) is 0 Å². The lowest BCUT2D eigenvalue weighted by molar-refractivity contribution is 0.511. The van der Waals surface area contributed by atoms with Crippen molar-refractivity contribution in [2.75, 3.05) is 5.73 Å². The van der Waals surface area contributed by atoms with Crippen LogP contribution in [0.3, 0.4) is 0 Å². The third-order valence-electron chi connectivity index (χ3n) is 1.15. The molecule has 0 radical (unpaired) electrons. The lowest BCUT2D eigenvalue weighted by atomic mass is 10.3. The van der Waals surface area contributed by atoms with Crippen molar-refractivity contribution in [2.45, 2.75) is 0 Å². The monoisotopic (exact) mass is 241 g/mol. The van der Waals surface area contributed by atoms with Crippen LogP contribution >= 0.6 is 27.5 Å². The van der Waals surface area contributed by atoms with E-state index in [2.05, 4.69) is 15.9 Å². The van der Waals surface area contributed by atoms with Crippen LogP contribution in [0.2, 0.25) is 5.02 Å². The van der Waals surface area contributed by atoms with Crippen LogP contribution in [0.1, 0.15) is 0 Å². The predicted molar refractivity (Wildman–Crippen MR) is 43.5 cm³/mol. The number of benzene rings is 1. The zero-order valence-corrected chi connectivity index (χ0v) is 7.51. The fraction of sp³-hybridized carbons (Fsp3) is 0. The Morgan fingerprint density at radius 2 is 2.00 bits per heavy atom. The first-order valence-corrected chi connectivity index (χ1v) is 3.79. The van der Waals surface area contributed by atoms with Crippen molar-refractivity contribution in [3.8, 4) is 0 Å². The summed E-state index contributed by atoms with van der Waals surface area (Å²) >= 11 is 8.39. The number of hydrogen-bond donors (Lipinski definition) is 1. The molecule has 1 rings (SSSR count). The Morgan fingerprint density at radius 1 is 1.45 bits per heavy atom. The molecule has 0 spiro atoms. The molecule has 0 saturated carbocycles. The molecule has 0 atom stereocenters. The van der Waals surface area contributed by atoms with Crippen molar-refractivity contribution in [3.05, 3.63) is 27.2 Å². The predicted octanol–water partition coefficient (Wildman–Crippen LogP) is 2.96. The van der Waals surface area contributed by atoms with Crippen LogP contribution in [-0.4, -0.2) is 0 Å². The van der Waals surface area contributed by atoms with E-state index in [4.69, 9.17) is 17.3 Å². The average Bonchev–Trinajstić information content (AvgIpc) is 1.97. The molecule has 2 N–H and O–H groups in total. The van der Waals surface area contributed by atoms with Gasteiger partial charge in [-0.25, -0.2) is 8.78 Å². The number of anilines is 1. The third-order valence-corrected chi connectivity index (χ3v) is 2.41. The highest BCUT2D eigenvalue weighted by Crippen LogP contribution is 2.31. The molecule has 0 heterocycles. The minimum atomic E-state index is -1.11. The van der Waals surface area contributed by atoms with Crippen LogP contribution in [-0.2, 0) is 0 Å². The van der Waals surface area contributed by atoms with Gasteiger partial charge in [-0.05, 0) is 22.0 Å². The molecule has 0 amide bonds. The Labute approximate surface area is 75.3 Å². The van der Waals surface area contributed by atoms with Gasteiger partial charge in [0.25, 0.3) is 0 Å². The first-order valence-electron chi connectivity index (χ1n) is 2.62. The Hall–Kier alpha value is -0.350. The fourth-order valence-corrected chi connectivity index (χ4v) is 1.14. The van der Waals surface area contributed by atoms with Crippen LogP contribution in [0.4, 0.5) is 14.5 Å². The van der Waals surface area contributed by atoms with Gasteiger partial charge in [0.1, 0.15) is 0 Å². The lowest BCUT2D eigenvalue weighted by Crippen LogP contribution is -1.95. The molecule has 1 nitrogen and oxygen atoms in total. The number of rotatable bonds is 0. The second-order valence-corrected chi connectivity index (χ2v) is 3.11. The minimum absolute atomic E-state index is 0.0103. The molecule has 11 heavy (non-hydrogen) atoms. The van der Waals surface area contributed by atoms with E-state index >= 15 is 0 Å². The topological polar surface area (TPSA) is 26.0 Å². The van der Waals surface area contributed by atoms with Crippen LogP contribution < -0.4 is 5.73 Å². The summed E-state index contributed by atoms with van der Waals surface area (Å²) in [4.78, 5) is 0. The normalized spacial score (nSPS) is 10.2. The maximum Gasteiger partial charge on any atom is 0.183 e. The van der Waals surface area contributed by atoms with Crippen molar-refractivity contribution in [1.29, 1.82) is 0 Å². The molecule has 0 aliphatic heterocycles. The van der Waals surface area contributed by atoms with Crippen molar-refractivity contribution in [3.63, 3.8) is 0 Å². The molecular formula is C6H3BrClF2N. The van der Waals surface area contributed by atoms with Crippen LogP contribution in [0.15, 0.2) is 10.5 Å². The van der Waals surface area contributed by atoms with Crippen molar-refractivity contribution in [2.24, 2.45) is 0 Å². The zero-order valence-electron chi connectivity index (χ0n) is 5.17. The van der Waals surface area contributed by atoms with Crippen molar-refractivity contribution >= 4 is 33.2 Å². The minimum Gasteiger partial charge on any atom is -0.395 e.